The minimum absolute atomic E-state index is 0.0252. The second-order valence-corrected chi connectivity index (χ2v) is 8.97. The first-order chi connectivity index (χ1) is 14.5. The van der Waals surface area contributed by atoms with Crippen molar-refractivity contribution in [3.8, 4) is 11.5 Å². The Kier molecular flexibility index (Phi) is 5.03. The molecule has 3 aromatic rings. The van der Waals surface area contributed by atoms with Crippen LogP contribution in [0.2, 0.25) is 0 Å². The lowest BCUT2D eigenvalue weighted by Crippen LogP contribution is -2.33. The van der Waals surface area contributed by atoms with E-state index in [1.54, 1.807) is 19.2 Å². The average Bonchev–Trinajstić information content (AvgIpc) is 3.21. The SMILES string of the molecule is COc1ccc(C2=NN3[C@H](C2)c2cc(Br)ccc2O[C@H]3c2ccc(F)c(Br)c2)cc1. The van der Waals surface area contributed by atoms with Crippen LogP contribution in [-0.4, -0.2) is 17.8 Å². The summed E-state index contributed by atoms with van der Waals surface area (Å²) >= 11 is 6.85. The Labute approximate surface area is 190 Å². The van der Waals surface area contributed by atoms with Gasteiger partial charge in [-0.3, -0.25) is 0 Å². The molecule has 4 nitrogen and oxygen atoms in total. The molecule has 0 N–H and O–H groups in total. The summed E-state index contributed by atoms with van der Waals surface area (Å²) in [5.74, 6) is 1.32. The first kappa shape index (κ1) is 19.6. The van der Waals surface area contributed by atoms with Crippen LogP contribution in [0.3, 0.4) is 0 Å². The first-order valence-electron chi connectivity index (χ1n) is 9.45. The number of nitrogens with zero attached hydrogens (tertiary/aromatic N) is 2. The molecule has 2 aliphatic heterocycles. The van der Waals surface area contributed by atoms with Crippen LogP contribution in [0.1, 0.15) is 35.4 Å². The number of benzene rings is 3. The predicted octanol–water partition coefficient (Wildman–Crippen LogP) is 6.60. The molecule has 0 saturated heterocycles. The third kappa shape index (κ3) is 3.40. The van der Waals surface area contributed by atoms with E-state index in [-0.39, 0.29) is 11.9 Å². The van der Waals surface area contributed by atoms with E-state index >= 15 is 0 Å². The van der Waals surface area contributed by atoms with Crippen LogP contribution < -0.4 is 9.47 Å². The Morgan fingerprint density at radius 2 is 1.87 bits per heavy atom. The Morgan fingerprint density at radius 1 is 1.07 bits per heavy atom. The minimum atomic E-state index is -0.448. The molecule has 5 rings (SSSR count). The van der Waals surface area contributed by atoms with Crippen LogP contribution >= 0.6 is 31.9 Å². The largest absolute Gasteiger partial charge is 0.497 e. The van der Waals surface area contributed by atoms with E-state index in [1.165, 1.54) is 6.07 Å². The zero-order valence-electron chi connectivity index (χ0n) is 16.0. The zero-order valence-corrected chi connectivity index (χ0v) is 19.2. The van der Waals surface area contributed by atoms with Gasteiger partial charge in [-0.1, -0.05) is 22.0 Å². The molecule has 0 saturated carbocycles. The van der Waals surface area contributed by atoms with E-state index in [9.17, 15) is 4.39 Å². The Morgan fingerprint density at radius 3 is 2.60 bits per heavy atom. The first-order valence-corrected chi connectivity index (χ1v) is 11.0. The van der Waals surface area contributed by atoms with Gasteiger partial charge in [0.25, 0.3) is 0 Å². The van der Waals surface area contributed by atoms with Crippen molar-refractivity contribution >= 4 is 37.6 Å². The van der Waals surface area contributed by atoms with Crippen LogP contribution in [0.25, 0.3) is 0 Å². The van der Waals surface area contributed by atoms with Gasteiger partial charge in [-0.25, -0.2) is 9.40 Å². The summed E-state index contributed by atoms with van der Waals surface area (Å²) in [6.07, 6.45) is 0.300. The van der Waals surface area contributed by atoms with Gasteiger partial charge in [-0.2, -0.15) is 5.10 Å². The summed E-state index contributed by atoms with van der Waals surface area (Å²) in [7, 11) is 1.65. The van der Waals surface area contributed by atoms with Crippen LogP contribution in [-0.2, 0) is 0 Å². The normalized spacial score (nSPS) is 19.6. The molecule has 0 aliphatic carbocycles. The van der Waals surface area contributed by atoms with Gasteiger partial charge in [0, 0.05) is 22.0 Å². The number of hydrazone groups is 1. The standard InChI is InChI=1S/C23H17Br2FN2O2/c1-29-16-6-2-13(3-7-16)20-12-21-17-11-15(24)5-9-22(17)30-23(28(21)27-20)14-4-8-19(26)18(25)10-14/h2-11,21,23H,12H2,1H3/t21-,23+/m1/s1. The fourth-order valence-corrected chi connectivity index (χ4v) is 4.68. The maximum absolute atomic E-state index is 13.8. The molecule has 2 atom stereocenters. The van der Waals surface area contributed by atoms with Crippen molar-refractivity contribution in [1.82, 2.24) is 5.01 Å². The van der Waals surface area contributed by atoms with E-state index in [4.69, 9.17) is 14.6 Å². The second kappa shape index (κ2) is 7.71. The second-order valence-electron chi connectivity index (χ2n) is 7.20. The highest BCUT2D eigenvalue weighted by Gasteiger charge is 2.41. The van der Waals surface area contributed by atoms with E-state index in [0.717, 1.165) is 44.8 Å². The molecule has 0 aromatic heterocycles. The highest BCUT2D eigenvalue weighted by molar-refractivity contribution is 9.10. The summed E-state index contributed by atoms with van der Waals surface area (Å²) in [5.41, 5.74) is 3.93. The molecular formula is C23H17Br2FN2O2. The van der Waals surface area contributed by atoms with Gasteiger partial charge in [-0.15, -0.1) is 0 Å². The summed E-state index contributed by atoms with van der Waals surface area (Å²) < 4.78 is 26.8. The fourth-order valence-electron chi connectivity index (χ4n) is 3.90. The zero-order chi connectivity index (χ0) is 20.8. The van der Waals surface area contributed by atoms with E-state index in [2.05, 4.69) is 37.9 Å². The smallest absolute Gasteiger partial charge is 0.213 e. The number of halogens is 3. The Hall–Kier alpha value is -2.38. The van der Waals surface area contributed by atoms with Crippen molar-refractivity contribution in [3.05, 3.63) is 92.1 Å². The van der Waals surface area contributed by atoms with E-state index < -0.39 is 6.23 Å². The third-order valence-corrected chi connectivity index (χ3v) is 6.50. The van der Waals surface area contributed by atoms with Crippen molar-refractivity contribution < 1.29 is 13.9 Å². The van der Waals surface area contributed by atoms with Crippen molar-refractivity contribution in [2.45, 2.75) is 18.7 Å². The number of methoxy groups -OCH3 is 1. The van der Waals surface area contributed by atoms with Crippen LogP contribution in [0, 0.1) is 5.82 Å². The molecule has 0 spiro atoms. The molecule has 0 bridgehead atoms. The molecular weight excluding hydrogens is 515 g/mol. The molecule has 152 valence electrons. The molecule has 30 heavy (non-hydrogen) atoms. The van der Waals surface area contributed by atoms with Crippen LogP contribution in [0.5, 0.6) is 11.5 Å². The minimum Gasteiger partial charge on any atom is -0.497 e. The predicted molar refractivity (Wildman–Crippen MR) is 120 cm³/mol. The third-order valence-electron chi connectivity index (χ3n) is 5.40. The lowest BCUT2D eigenvalue weighted by Gasteiger charge is -2.38. The van der Waals surface area contributed by atoms with E-state index in [1.807, 2.05) is 41.4 Å². The van der Waals surface area contributed by atoms with Crippen LogP contribution in [0.4, 0.5) is 4.39 Å². The lowest BCUT2D eigenvalue weighted by atomic mass is 9.96. The number of ether oxygens (including phenoxy) is 2. The molecule has 3 aromatic carbocycles. The van der Waals surface area contributed by atoms with Crippen molar-refractivity contribution in [2.75, 3.05) is 7.11 Å². The number of fused-ring (bicyclic) bond motifs is 3. The molecule has 7 heteroatoms. The van der Waals surface area contributed by atoms with Gasteiger partial charge in [0.1, 0.15) is 17.3 Å². The van der Waals surface area contributed by atoms with Gasteiger partial charge in [0.15, 0.2) is 0 Å². The molecule has 2 aliphatic rings. The highest BCUT2D eigenvalue weighted by atomic mass is 79.9. The van der Waals surface area contributed by atoms with Gasteiger partial charge < -0.3 is 9.47 Å². The van der Waals surface area contributed by atoms with Gasteiger partial charge in [-0.05, 0) is 76.1 Å². The van der Waals surface area contributed by atoms with Gasteiger partial charge in [0.05, 0.1) is 23.3 Å². The van der Waals surface area contributed by atoms with E-state index in [0.29, 0.717) is 4.47 Å². The summed E-state index contributed by atoms with van der Waals surface area (Å²) in [4.78, 5) is 0. The average molecular weight is 532 g/mol. The number of hydrogen-bond acceptors (Lipinski definition) is 4. The van der Waals surface area contributed by atoms with Crippen LogP contribution in [0.15, 0.2) is 74.7 Å². The quantitative estimate of drug-likeness (QED) is 0.381. The summed E-state index contributed by atoms with van der Waals surface area (Å²) in [6.45, 7) is 0. The van der Waals surface area contributed by atoms with Gasteiger partial charge >= 0.3 is 0 Å². The Bertz CT molecular complexity index is 1150. The summed E-state index contributed by atoms with van der Waals surface area (Å²) in [6, 6.07) is 18.9. The highest BCUT2D eigenvalue weighted by Crippen LogP contribution is 2.48. The van der Waals surface area contributed by atoms with Crippen molar-refractivity contribution in [2.24, 2.45) is 5.10 Å². The molecule has 0 fully saturated rings. The molecule has 0 unspecified atom stereocenters. The van der Waals surface area contributed by atoms with Crippen molar-refractivity contribution in [1.29, 1.82) is 0 Å². The Balaban J connectivity index is 1.58. The number of rotatable bonds is 3. The molecule has 0 radical (unpaired) electrons. The van der Waals surface area contributed by atoms with Crippen molar-refractivity contribution in [3.63, 3.8) is 0 Å². The monoisotopic (exact) mass is 530 g/mol. The molecule has 2 heterocycles. The van der Waals surface area contributed by atoms with Gasteiger partial charge in [0.2, 0.25) is 6.23 Å². The fraction of sp³-hybridized carbons (Fsp3) is 0.174. The molecule has 0 amide bonds. The summed E-state index contributed by atoms with van der Waals surface area (Å²) in [5, 5.41) is 6.91. The number of hydrogen-bond donors (Lipinski definition) is 0. The topological polar surface area (TPSA) is 34.1 Å². The maximum Gasteiger partial charge on any atom is 0.213 e. The maximum atomic E-state index is 13.8. The lowest BCUT2D eigenvalue weighted by molar-refractivity contribution is -0.0191.